The van der Waals surface area contributed by atoms with Gasteiger partial charge >= 0.3 is 5.97 Å². The molecule has 0 aliphatic heterocycles. The molecule has 0 bridgehead atoms. The molecule has 21 heavy (non-hydrogen) atoms. The van der Waals surface area contributed by atoms with Gasteiger partial charge < -0.3 is 15.6 Å². The van der Waals surface area contributed by atoms with Gasteiger partial charge in [-0.25, -0.2) is 4.79 Å². The summed E-state index contributed by atoms with van der Waals surface area (Å²) in [5.74, 6) is -0.727. The number of anilines is 1. The van der Waals surface area contributed by atoms with E-state index in [0.717, 1.165) is 19.3 Å². The fraction of sp³-hybridized carbons (Fsp3) is 0.235. The van der Waals surface area contributed by atoms with Gasteiger partial charge in [-0.05, 0) is 37.0 Å². The first-order chi connectivity index (χ1) is 10.2. The van der Waals surface area contributed by atoms with Crippen molar-refractivity contribution in [1.29, 1.82) is 0 Å². The van der Waals surface area contributed by atoms with E-state index >= 15 is 0 Å². The van der Waals surface area contributed by atoms with Crippen molar-refractivity contribution in [3.8, 4) is 5.75 Å². The van der Waals surface area contributed by atoms with Crippen molar-refractivity contribution in [3.05, 3.63) is 59.7 Å². The number of aromatic carboxylic acids is 1. The molecule has 2 aromatic rings. The Balaban J connectivity index is 1.81. The van der Waals surface area contributed by atoms with Gasteiger partial charge in [-0.2, -0.15) is 0 Å². The average molecular weight is 285 g/mol. The van der Waals surface area contributed by atoms with Gasteiger partial charge in [-0.1, -0.05) is 36.4 Å². The van der Waals surface area contributed by atoms with Crippen LogP contribution in [-0.2, 0) is 6.42 Å². The molecule has 0 amide bonds. The molecule has 0 spiro atoms. The van der Waals surface area contributed by atoms with E-state index in [9.17, 15) is 4.79 Å². The molecule has 0 aromatic heterocycles. The molecule has 3 N–H and O–H groups in total. The third-order valence-electron chi connectivity index (χ3n) is 3.23. The molecule has 110 valence electrons. The average Bonchev–Trinajstić information content (AvgIpc) is 2.47. The second kappa shape index (κ2) is 7.33. The maximum Gasteiger partial charge on any atom is 0.341 e. The second-order valence-corrected chi connectivity index (χ2v) is 4.82. The zero-order valence-corrected chi connectivity index (χ0v) is 11.8. The minimum absolute atomic E-state index is 0.0422. The fourth-order valence-corrected chi connectivity index (χ4v) is 2.16. The zero-order chi connectivity index (χ0) is 15.1. The number of carbonyl (C=O) groups is 1. The number of nitrogen functional groups attached to an aromatic ring is 1. The molecule has 0 aliphatic carbocycles. The molecule has 4 nitrogen and oxygen atoms in total. The highest BCUT2D eigenvalue weighted by molar-refractivity contribution is 5.96. The highest BCUT2D eigenvalue weighted by Crippen LogP contribution is 2.24. The lowest BCUT2D eigenvalue weighted by molar-refractivity contribution is 0.0693. The number of nitrogens with two attached hydrogens (primary N) is 1. The summed E-state index contributed by atoms with van der Waals surface area (Å²) < 4.78 is 5.56. The third kappa shape index (κ3) is 4.24. The Morgan fingerprint density at radius 3 is 2.52 bits per heavy atom. The van der Waals surface area contributed by atoms with Gasteiger partial charge in [0.1, 0.15) is 11.3 Å². The number of carboxylic acids is 1. The van der Waals surface area contributed by atoms with Gasteiger partial charge in [0.2, 0.25) is 0 Å². The number of carboxylic acid groups (broad SMARTS) is 1. The van der Waals surface area contributed by atoms with E-state index in [1.165, 1.54) is 5.56 Å². The van der Waals surface area contributed by atoms with Crippen LogP contribution in [0.5, 0.6) is 5.75 Å². The fourth-order valence-electron chi connectivity index (χ4n) is 2.16. The number of hydrogen-bond donors (Lipinski definition) is 2. The Kier molecular flexibility index (Phi) is 5.21. The van der Waals surface area contributed by atoms with Crippen LogP contribution >= 0.6 is 0 Å². The van der Waals surface area contributed by atoms with Crippen LogP contribution in [0.15, 0.2) is 48.5 Å². The summed E-state index contributed by atoms with van der Waals surface area (Å²) in [5.41, 5.74) is 7.24. The summed E-state index contributed by atoms with van der Waals surface area (Å²) in [4.78, 5) is 11.2. The van der Waals surface area contributed by atoms with Gasteiger partial charge in [0.05, 0.1) is 6.61 Å². The van der Waals surface area contributed by atoms with Crippen LogP contribution in [0.4, 0.5) is 5.69 Å². The van der Waals surface area contributed by atoms with Crippen LogP contribution in [0.2, 0.25) is 0 Å². The summed E-state index contributed by atoms with van der Waals surface area (Å²) in [6, 6.07) is 15.1. The number of hydrogen-bond acceptors (Lipinski definition) is 3. The summed E-state index contributed by atoms with van der Waals surface area (Å²) in [6.45, 7) is 0.483. The van der Waals surface area contributed by atoms with E-state index in [4.69, 9.17) is 15.6 Å². The van der Waals surface area contributed by atoms with Crippen LogP contribution in [0.3, 0.4) is 0 Å². The van der Waals surface area contributed by atoms with Crippen LogP contribution in [0.25, 0.3) is 0 Å². The number of aryl methyl sites for hydroxylation is 1. The number of ether oxygens (including phenoxy) is 1. The smallest absolute Gasteiger partial charge is 0.341 e. The first kappa shape index (κ1) is 14.9. The summed E-state index contributed by atoms with van der Waals surface area (Å²) in [7, 11) is 0. The SMILES string of the molecule is Nc1cccc(OCCCCc2ccccc2)c1C(=O)O. The Morgan fingerprint density at radius 2 is 1.81 bits per heavy atom. The molecule has 0 saturated heterocycles. The highest BCUT2D eigenvalue weighted by Gasteiger charge is 2.14. The second-order valence-electron chi connectivity index (χ2n) is 4.82. The predicted octanol–water partition coefficient (Wildman–Crippen LogP) is 3.37. The Bertz CT molecular complexity index is 596. The summed E-state index contributed by atoms with van der Waals surface area (Å²) >= 11 is 0. The molecule has 2 rings (SSSR count). The normalized spacial score (nSPS) is 10.3. The Morgan fingerprint density at radius 1 is 1.05 bits per heavy atom. The molecule has 0 aliphatic rings. The number of unbranched alkanes of at least 4 members (excludes halogenated alkanes) is 1. The summed E-state index contributed by atoms with van der Waals surface area (Å²) in [6.07, 6.45) is 2.85. The highest BCUT2D eigenvalue weighted by atomic mass is 16.5. The Hall–Kier alpha value is -2.49. The van der Waals surface area contributed by atoms with E-state index in [-0.39, 0.29) is 11.3 Å². The molecule has 2 aromatic carbocycles. The standard InChI is InChI=1S/C17H19NO3/c18-14-10-6-11-15(16(14)17(19)20)21-12-5-4-9-13-7-2-1-3-8-13/h1-3,6-8,10-11H,4-5,9,12,18H2,(H,19,20). The first-order valence-electron chi connectivity index (χ1n) is 6.97. The lowest BCUT2D eigenvalue weighted by Gasteiger charge is -2.10. The first-order valence-corrected chi connectivity index (χ1v) is 6.97. The molecule has 0 fully saturated rings. The monoisotopic (exact) mass is 285 g/mol. The van der Waals surface area contributed by atoms with E-state index in [0.29, 0.717) is 12.4 Å². The lowest BCUT2D eigenvalue weighted by Crippen LogP contribution is -2.07. The van der Waals surface area contributed by atoms with Gasteiger partial charge in [-0.3, -0.25) is 0 Å². The molecule has 0 saturated carbocycles. The van der Waals surface area contributed by atoms with E-state index in [1.54, 1.807) is 18.2 Å². The zero-order valence-electron chi connectivity index (χ0n) is 11.8. The maximum absolute atomic E-state index is 11.2. The van der Waals surface area contributed by atoms with E-state index in [2.05, 4.69) is 12.1 Å². The van der Waals surface area contributed by atoms with Crippen LogP contribution < -0.4 is 10.5 Å². The molecule has 0 radical (unpaired) electrons. The van der Waals surface area contributed by atoms with Gasteiger partial charge in [0, 0.05) is 5.69 Å². The van der Waals surface area contributed by atoms with Gasteiger partial charge in [0.25, 0.3) is 0 Å². The largest absolute Gasteiger partial charge is 0.493 e. The molecule has 0 heterocycles. The summed E-state index contributed by atoms with van der Waals surface area (Å²) in [5, 5.41) is 9.14. The van der Waals surface area contributed by atoms with E-state index in [1.807, 2.05) is 18.2 Å². The van der Waals surface area contributed by atoms with Crippen molar-refractivity contribution < 1.29 is 14.6 Å². The minimum atomic E-state index is -1.06. The van der Waals surface area contributed by atoms with Crippen molar-refractivity contribution in [2.45, 2.75) is 19.3 Å². The topological polar surface area (TPSA) is 72.5 Å². The third-order valence-corrected chi connectivity index (χ3v) is 3.23. The molecule has 4 heteroatoms. The minimum Gasteiger partial charge on any atom is -0.493 e. The van der Waals surface area contributed by atoms with Gasteiger partial charge in [0.15, 0.2) is 0 Å². The van der Waals surface area contributed by atoms with Crippen molar-refractivity contribution in [2.75, 3.05) is 12.3 Å². The quantitative estimate of drug-likeness (QED) is 0.604. The van der Waals surface area contributed by atoms with Gasteiger partial charge in [-0.15, -0.1) is 0 Å². The number of benzene rings is 2. The van der Waals surface area contributed by atoms with Crippen LogP contribution in [-0.4, -0.2) is 17.7 Å². The molecule has 0 atom stereocenters. The van der Waals surface area contributed by atoms with Crippen molar-refractivity contribution in [2.24, 2.45) is 0 Å². The predicted molar refractivity (Wildman–Crippen MR) is 82.7 cm³/mol. The van der Waals surface area contributed by atoms with Crippen molar-refractivity contribution >= 4 is 11.7 Å². The molecule has 0 unspecified atom stereocenters. The van der Waals surface area contributed by atoms with Crippen LogP contribution in [0, 0.1) is 0 Å². The Labute approximate surface area is 124 Å². The maximum atomic E-state index is 11.2. The van der Waals surface area contributed by atoms with Crippen molar-refractivity contribution in [1.82, 2.24) is 0 Å². The van der Waals surface area contributed by atoms with Crippen LogP contribution in [0.1, 0.15) is 28.8 Å². The lowest BCUT2D eigenvalue weighted by atomic mass is 10.1. The molecular weight excluding hydrogens is 266 g/mol. The number of rotatable bonds is 7. The molecular formula is C17H19NO3. The van der Waals surface area contributed by atoms with Crippen molar-refractivity contribution in [3.63, 3.8) is 0 Å². The van der Waals surface area contributed by atoms with E-state index < -0.39 is 5.97 Å².